The molecular weight excluding hydrogens is 440 g/mol. The Morgan fingerprint density at radius 3 is 2.67 bits per heavy atom. The van der Waals surface area contributed by atoms with Crippen LogP contribution in [0, 0.1) is 22.2 Å². The molecule has 3 nitrogen and oxygen atoms in total. The average molecular weight is 475 g/mol. The van der Waals surface area contributed by atoms with Gasteiger partial charge >= 0.3 is 5.97 Å². The van der Waals surface area contributed by atoms with Crippen molar-refractivity contribution in [2.45, 2.75) is 84.8 Å². The predicted octanol–water partition coefficient (Wildman–Crippen LogP) is 6.87. The molecule has 3 fully saturated rings. The number of allylic oxidation sites excluding steroid dienone is 1. The lowest BCUT2D eigenvalue weighted by Crippen LogP contribution is -2.55. The summed E-state index contributed by atoms with van der Waals surface area (Å²) in [6.07, 6.45) is 9.53. The lowest BCUT2D eigenvalue weighted by atomic mass is 9.49. The van der Waals surface area contributed by atoms with Crippen LogP contribution in [0.25, 0.3) is 0 Å². The maximum Gasteiger partial charge on any atom is 0.302 e. The van der Waals surface area contributed by atoms with Crippen LogP contribution in [0.15, 0.2) is 35.3 Å². The van der Waals surface area contributed by atoms with E-state index >= 15 is 0 Å². The molecular formula is C26H35BrO3. The number of halogens is 1. The standard InChI is InChI=1S/C26H35BrO3/c1-6-7-18-8-9-20(19(27)14-18)30-23-15-24(3,4)21-10-12-25(5)16-26(21,23)13-11-22(25)29-17(2)28/h6,8-9,14,21-23H,1,7,10-13,15-16H2,2-5H3/t21-,22+,23-,25+,26-/m0/s1. The van der Waals surface area contributed by atoms with Crippen LogP contribution in [0.3, 0.4) is 0 Å². The van der Waals surface area contributed by atoms with Gasteiger partial charge in [0.2, 0.25) is 0 Å². The van der Waals surface area contributed by atoms with Crippen molar-refractivity contribution in [2.24, 2.45) is 22.2 Å². The SMILES string of the molecule is C=CCc1ccc(O[C@H]2CC(C)(C)[C@@H]3CC[C@]4(C)C[C@]23CC[C@H]4OC(C)=O)c(Br)c1. The van der Waals surface area contributed by atoms with E-state index < -0.39 is 0 Å². The van der Waals surface area contributed by atoms with Crippen molar-refractivity contribution in [2.75, 3.05) is 0 Å². The highest BCUT2D eigenvalue weighted by Crippen LogP contribution is 2.69. The van der Waals surface area contributed by atoms with Crippen LogP contribution in [0.4, 0.5) is 0 Å². The van der Waals surface area contributed by atoms with Gasteiger partial charge in [0, 0.05) is 17.8 Å². The lowest BCUT2D eigenvalue weighted by molar-refractivity contribution is -0.177. The van der Waals surface area contributed by atoms with Crippen LogP contribution >= 0.6 is 15.9 Å². The normalized spacial score (nSPS) is 36.6. The molecule has 0 radical (unpaired) electrons. The number of benzene rings is 1. The summed E-state index contributed by atoms with van der Waals surface area (Å²) in [6, 6.07) is 6.39. The molecule has 0 N–H and O–H groups in total. The molecule has 0 amide bonds. The van der Waals surface area contributed by atoms with Crippen molar-refractivity contribution in [3.05, 3.63) is 40.9 Å². The van der Waals surface area contributed by atoms with Crippen molar-refractivity contribution >= 4 is 21.9 Å². The van der Waals surface area contributed by atoms with E-state index in [-0.39, 0.29) is 34.4 Å². The van der Waals surface area contributed by atoms with Gasteiger partial charge in [0.25, 0.3) is 0 Å². The van der Waals surface area contributed by atoms with E-state index in [1.54, 1.807) is 0 Å². The molecule has 1 aromatic carbocycles. The Balaban J connectivity index is 1.63. The second-order valence-corrected chi connectivity index (χ2v) is 11.7. The fourth-order valence-electron chi connectivity index (χ4n) is 7.15. The van der Waals surface area contributed by atoms with Gasteiger partial charge in [-0.3, -0.25) is 4.79 Å². The van der Waals surface area contributed by atoms with E-state index in [0.717, 1.165) is 48.7 Å². The van der Waals surface area contributed by atoms with Gasteiger partial charge < -0.3 is 9.47 Å². The first kappa shape index (κ1) is 21.9. The van der Waals surface area contributed by atoms with E-state index in [4.69, 9.17) is 9.47 Å². The number of ether oxygens (including phenoxy) is 2. The Morgan fingerprint density at radius 2 is 2.00 bits per heavy atom. The number of hydrogen-bond acceptors (Lipinski definition) is 3. The lowest BCUT2D eigenvalue weighted by Gasteiger charge is -2.58. The summed E-state index contributed by atoms with van der Waals surface area (Å²) in [5, 5.41) is 0. The second kappa shape index (κ2) is 7.69. The molecule has 0 saturated heterocycles. The van der Waals surface area contributed by atoms with Crippen LogP contribution in [-0.4, -0.2) is 18.2 Å². The molecule has 2 bridgehead atoms. The topological polar surface area (TPSA) is 35.5 Å². The number of fused-ring (bicyclic) bond motifs is 1. The summed E-state index contributed by atoms with van der Waals surface area (Å²) in [7, 11) is 0. The fraction of sp³-hybridized carbons (Fsp3) is 0.654. The molecule has 0 aromatic heterocycles. The summed E-state index contributed by atoms with van der Waals surface area (Å²) in [5.41, 5.74) is 1.70. The van der Waals surface area contributed by atoms with E-state index in [9.17, 15) is 4.79 Å². The number of rotatable bonds is 5. The molecule has 3 saturated carbocycles. The van der Waals surface area contributed by atoms with Crippen LogP contribution in [0.2, 0.25) is 0 Å². The quantitative estimate of drug-likeness (QED) is 0.344. The molecule has 164 valence electrons. The largest absolute Gasteiger partial charge is 0.489 e. The highest BCUT2D eigenvalue weighted by molar-refractivity contribution is 9.10. The third kappa shape index (κ3) is 3.63. The number of esters is 1. The second-order valence-electron chi connectivity index (χ2n) is 10.8. The zero-order chi connectivity index (χ0) is 21.7. The van der Waals surface area contributed by atoms with Gasteiger partial charge in [-0.05, 0) is 89.9 Å². The third-order valence-electron chi connectivity index (χ3n) is 8.33. The first-order chi connectivity index (χ1) is 14.1. The van der Waals surface area contributed by atoms with Crippen molar-refractivity contribution in [3.63, 3.8) is 0 Å². The molecule has 5 atom stereocenters. The van der Waals surface area contributed by atoms with Crippen LogP contribution in [0.5, 0.6) is 5.75 Å². The zero-order valence-electron chi connectivity index (χ0n) is 18.8. The summed E-state index contributed by atoms with van der Waals surface area (Å²) >= 11 is 3.74. The van der Waals surface area contributed by atoms with Gasteiger partial charge in [-0.25, -0.2) is 0 Å². The molecule has 1 aromatic rings. The Labute approximate surface area is 189 Å². The van der Waals surface area contributed by atoms with Gasteiger partial charge in [-0.15, -0.1) is 6.58 Å². The van der Waals surface area contributed by atoms with E-state index in [2.05, 4.69) is 61.5 Å². The predicted molar refractivity (Wildman–Crippen MR) is 124 cm³/mol. The van der Waals surface area contributed by atoms with Crippen molar-refractivity contribution < 1.29 is 14.3 Å². The maximum absolute atomic E-state index is 11.7. The van der Waals surface area contributed by atoms with Gasteiger partial charge in [-0.2, -0.15) is 0 Å². The van der Waals surface area contributed by atoms with E-state index in [1.807, 2.05) is 6.08 Å². The van der Waals surface area contributed by atoms with Gasteiger partial charge in [-0.1, -0.05) is 32.9 Å². The number of hydrogen-bond donors (Lipinski definition) is 0. The highest BCUT2D eigenvalue weighted by atomic mass is 79.9. The van der Waals surface area contributed by atoms with Gasteiger partial charge in [0.05, 0.1) is 4.47 Å². The van der Waals surface area contributed by atoms with Crippen molar-refractivity contribution in [1.29, 1.82) is 0 Å². The van der Waals surface area contributed by atoms with Crippen molar-refractivity contribution in [3.8, 4) is 5.75 Å². The minimum absolute atomic E-state index is 0.0378. The summed E-state index contributed by atoms with van der Waals surface area (Å²) < 4.78 is 13.6. The summed E-state index contributed by atoms with van der Waals surface area (Å²) in [5.74, 6) is 1.44. The third-order valence-corrected chi connectivity index (χ3v) is 8.95. The molecule has 3 aliphatic rings. The number of carbonyl (C=O) groups is 1. The molecule has 4 heteroatoms. The molecule has 0 unspecified atom stereocenters. The Morgan fingerprint density at radius 1 is 1.23 bits per heavy atom. The highest BCUT2D eigenvalue weighted by Gasteiger charge is 2.66. The molecule has 1 spiro atoms. The monoisotopic (exact) mass is 474 g/mol. The minimum atomic E-state index is -0.151. The van der Waals surface area contributed by atoms with Crippen LogP contribution in [0.1, 0.15) is 71.8 Å². The smallest absolute Gasteiger partial charge is 0.302 e. The first-order valence-electron chi connectivity index (χ1n) is 11.3. The van der Waals surface area contributed by atoms with E-state index in [1.165, 1.54) is 18.9 Å². The van der Waals surface area contributed by atoms with Crippen LogP contribution < -0.4 is 4.74 Å². The number of carbonyl (C=O) groups excluding carboxylic acids is 1. The molecule has 0 heterocycles. The average Bonchev–Trinajstić information content (AvgIpc) is 2.85. The summed E-state index contributed by atoms with van der Waals surface area (Å²) in [4.78, 5) is 11.7. The zero-order valence-corrected chi connectivity index (χ0v) is 20.4. The minimum Gasteiger partial charge on any atom is -0.489 e. The van der Waals surface area contributed by atoms with Gasteiger partial charge in [0.15, 0.2) is 0 Å². The fourth-order valence-corrected chi connectivity index (χ4v) is 7.67. The first-order valence-corrected chi connectivity index (χ1v) is 12.1. The molecule has 30 heavy (non-hydrogen) atoms. The maximum atomic E-state index is 11.7. The Bertz CT molecular complexity index is 847. The van der Waals surface area contributed by atoms with Crippen LogP contribution in [-0.2, 0) is 16.0 Å². The molecule has 3 aliphatic carbocycles. The van der Waals surface area contributed by atoms with Crippen molar-refractivity contribution in [1.82, 2.24) is 0 Å². The Kier molecular flexibility index (Phi) is 5.62. The molecule has 4 rings (SSSR count). The van der Waals surface area contributed by atoms with E-state index in [0.29, 0.717) is 5.92 Å². The van der Waals surface area contributed by atoms with Gasteiger partial charge in [0.1, 0.15) is 18.0 Å². The Hall–Kier alpha value is -1.29. The summed E-state index contributed by atoms with van der Waals surface area (Å²) in [6.45, 7) is 12.6. The molecule has 0 aliphatic heterocycles.